The maximum Gasteiger partial charge on any atom is 0.356 e. The average molecular weight is 261 g/mol. The molecule has 0 atom stereocenters. The van der Waals surface area contributed by atoms with Crippen LogP contribution in [0.5, 0.6) is 5.75 Å². The van der Waals surface area contributed by atoms with E-state index in [9.17, 15) is 4.79 Å². The summed E-state index contributed by atoms with van der Waals surface area (Å²) in [4.78, 5) is 10.9. The van der Waals surface area contributed by atoms with Crippen molar-refractivity contribution in [2.75, 3.05) is 13.2 Å². The van der Waals surface area contributed by atoms with E-state index < -0.39 is 5.97 Å². The number of carbonyl (C=O) groups is 1. The minimum atomic E-state index is -1.04. The quantitative estimate of drug-likeness (QED) is 0.844. The second-order valence-corrected chi connectivity index (χ2v) is 4.02. The molecule has 6 heteroatoms. The lowest BCUT2D eigenvalue weighted by atomic mass is 10.3. The fraction of sp³-hybridized carbons (Fsp3) is 0.231. The number of aryl methyl sites for hydroxylation is 1. The zero-order valence-electron chi connectivity index (χ0n) is 10.5. The number of rotatable bonds is 5. The fourth-order valence-electron chi connectivity index (χ4n) is 1.70. The van der Waals surface area contributed by atoms with Crippen molar-refractivity contribution in [3.63, 3.8) is 0 Å². The molecule has 0 saturated carbocycles. The van der Waals surface area contributed by atoms with Gasteiger partial charge in [0.25, 0.3) is 0 Å². The van der Waals surface area contributed by atoms with Gasteiger partial charge in [0.1, 0.15) is 12.4 Å². The Morgan fingerprint density at radius 1 is 1.42 bits per heavy atom. The predicted octanol–water partition coefficient (Wildman–Crippen LogP) is 1.22. The van der Waals surface area contributed by atoms with Gasteiger partial charge >= 0.3 is 5.97 Å². The summed E-state index contributed by atoms with van der Waals surface area (Å²) in [7, 11) is 0. The van der Waals surface area contributed by atoms with Gasteiger partial charge in [-0.2, -0.15) is 5.10 Å². The summed E-state index contributed by atoms with van der Waals surface area (Å²) in [5.74, 6) is -0.317. The summed E-state index contributed by atoms with van der Waals surface area (Å²) in [6.45, 7) is 2.73. The molecule has 0 aliphatic carbocycles. The van der Waals surface area contributed by atoms with Crippen LogP contribution in [0.2, 0.25) is 0 Å². The zero-order valence-corrected chi connectivity index (χ0v) is 10.5. The molecule has 0 saturated heterocycles. The monoisotopic (exact) mass is 261 g/mol. The number of hydrogen-bond donors (Lipinski definition) is 2. The van der Waals surface area contributed by atoms with E-state index in [-0.39, 0.29) is 5.69 Å². The molecular weight excluding hydrogens is 246 g/mol. The first-order chi connectivity index (χ1) is 9.11. The van der Waals surface area contributed by atoms with Crippen molar-refractivity contribution in [3.05, 3.63) is 41.7 Å². The Morgan fingerprint density at radius 3 is 2.63 bits per heavy atom. The highest BCUT2D eigenvalue weighted by molar-refractivity contribution is 5.85. The minimum Gasteiger partial charge on any atom is -0.492 e. The molecule has 19 heavy (non-hydrogen) atoms. The topological polar surface area (TPSA) is 90.4 Å². The Hall–Kier alpha value is -2.34. The van der Waals surface area contributed by atoms with Crippen molar-refractivity contribution < 1.29 is 14.6 Å². The van der Waals surface area contributed by atoms with Crippen LogP contribution in [-0.2, 0) is 0 Å². The van der Waals surface area contributed by atoms with Crippen LogP contribution in [0.4, 0.5) is 0 Å². The van der Waals surface area contributed by atoms with E-state index in [1.165, 1.54) is 6.07 Å². The Morgan fingerprint density at radius 2 is 2.11 bits per heavy atom. The van der Waals surface area contributed by atoms with E-state index >= 15 is 0 Å². The largest absolute Gasteiger partial charge is 0.492 e. The molecule has 6 nitrogen and oxygen atoms in total. The smallest absolute Gasteiger partial charge is 0.356 e. The Labute approximate surface area is 110 Å². The molecule has 0 aliphatic heterocycles. The van der Waals surface area contributed by atoms with Gasteiger partial charge in [-0.15, -0.1) is 0 Å². The Bertz CT molecular complexity index is 575. The number of hydrogen-bond acceptors (Lipinski definition) is 4. The van der Waals surface area contributed by atoms with Gasteiger partial charge in [0.2, 0.25) is 0 Å². The molecule has 0 aliphatic rings. The Kier molecular flexibility index (Phi) is 3.82. The van der Waals surface area contributed by atoms with Gasteiger partial charge in [0.15, 0.2) is 5.69 Å². The number of ether oxygens (including phenoxy) is 1. The summed E-state index contributed by atoms with van der Waals surface area (Å²) in [6.07, 6.45) is 0. The molecule has 0 unspecified atom stereocenters. The SMILES string of the molecule is Cc1cc(C(=O)O)nn1-c1ccc(OCCN)cc1. The lowest BCUT2D eigenvalue weighted by Crippen LogP contribution is -2.10. The molecule has 0 radical (unpaired) electrons. The molecule has 100 valence electrons. The van der Waals surface area contributed by atoms with Crippen LogP contribution in [0.3, 0.4) is 0 Å². The van der Waals surface area contributed by atoms with Crippen molar-refractivity contribution in [1.82, 2.24) is 9.78 Å². The van der Waals surface area contributed by atoms with E-state index in [0.29, 0.717) is 13.2 Å². The van der Waals surface area contributed by atoms with Crippen molar-refractivity contribution in [1.29, 1.82) is 0 Å². The molecule has 0 spiro atoms. The highest BCUT2D eigenvalue weighted by atomic mass is 16.5. The van der Waals surface area contributed by atoms with Crippen LogP contribution in [0.15, 0.2) is 30.3 Å². The summed E-state index contributed by atoms with van der Waals surface area (Å²) < 4.78 is 6.95. The lowest BCUT2D eigenvalue weighted by molar-refractivity contribution is 0.0690. The van der Waals surface area contributed by atoms with Crippen LogP contribution >= 0.6 is 0 Å². The van der Waals surface area contributed by atoms with Gasteiger partial charge in [-0.3, -0.25) is 0 Å². The summed E-state index contributed by atoms with van der Waals surface area (Å²) in [5, 5.41) is 12.9. The van der Waals surface area contributed by atoms with Crippen molar-refractivity contribution in [3.8, 4) is 11.4 Å². The van der Waals surface area contributed by atoms with E-state index in [1.54, 1.807) is 23.7 Å². The average Bonchev–Trinajstić information content (AvgIpc) is 2.79. The number of aromatic carboxylic acids is 1. The summed E-state index contributed by atoms with van der Waals surface area (Å²) >= 11 is 0. The molecule has 1 heterocycles. The van der Waals surface area contributed by atoms with E-state index in [0.717, 1.165) is 17.1 Å². The van der Waals surface area contributed by atoms with E-state index in [1.807, 2.05) is 12.1 Å². The summed E-state index contributed by atoms with van der Waals surface area (Å²) in [6, 6.07) is 8.76. The van der Waals surface area contributed by atoms with Crippen LogP contribution in [0.25, 0.3) is 5.69 Å². The second-order valence-electron chi connectivity index (χ2n) is 4.02. The predicted molar refractivity (Wildman–Crippen MR) is 69.8 cm³/mol. The number of benzene rings is 1. The van der Waals surface area contributed by atoms with Crippen LogP contribution in [0, 0.1) is 6.92 Å². The van der Waals surface area contributed by atoms with Crippen LogP contribution in [0.1, 0.15) is 16.2 Å². The molecule has 0 amide bonds. The molecular formula is C13H15N3O3. The lowest BCUT2D eigenvalue weighted by Gasteiger charge is -2.07. The van der Waals surface area contributed by atoms with E-state index in [2.05, 4.69) is 5.10 Å². The first-order valence-electron chi connectivity index (χ1n) is 5.85. The number of nitrogens with zero attached hydrogens (tertiary/aromatic N) is 2. The number of nitrogens with two attached hydrogens (primary N) is 1. The molecule has 1 aromatic carbocycles. The number of aromatic nitrogens is 2. The number of carboxylic acids is 1. The zero-order chi connectivity index (χ0) is 13.8. The first-order valence-corrected chi connectivity index (χ1v) is 5.85. The highest BCUT2D eigenvalue weighted by Crippen LogP contribution is 2.17. The van der Waals surface area contributed by atoms with Crippen molar-refractivity contribution in [2.24, 2.45) is 5.73 Å². The number of carboxylic acid groups (broad SMARTS) is 1. The third-order valence-electron chi connectivity index (χ3n) is 2.57. The normalized spacial score (nSPS) is 10.4. The first kappa shape index (κ1) is 13.1. The molecule has 0 bridgehead atoms. The third kappa shape index (κ3) is 2.92. The van der Waals surface area contributed by atoms with Crippen molar-refractivity contribution >= 4 is 5.97 Å². The fourth-order valence-corrected chi connectivity index (χ4v) is 1.70. The summed E-state index contributed by atoms with van der Waals surface area (Å²) in [5.41, 5.74) is 6.92. The van der Waals surface area contributed by atoms with Crippen LogP contribution < -0.4 is 10.5 Å². The van der Waals surface area contributed by atoms with Gasteiger partial charge in [-0.1, -0.05) is 0 Å². The molecule has 3 N–H and O–H groups in total. The molecule has 2 aromatic rings. The van der Waals surface area contributed by atoms with Crippen LogP contribution in [-0.4, -0.2) is 34.0 Å². The standard InChI is InChI=1S/C13H15N3O3/c1-9-8-12(13(17)18)15-16(9)10-2-4-11(5-3-10)19-7-6-14/h2-5,8H,6-7,14H2,1H3,(H,17,18). The third-order valence-corrected chi connectivity index (χ3v) is 2.57. The van der Waals surface area contributed by atoms with Gasteiger partial charge in [-0.05, 0) is 37.3 Å². The Balaban J connectivity index is 2.24. The molecule has 1 aromatic heterocycles. The minimum absolute atomic E-state index is 0.0287. The van der Waals surface area contributed by atoms with Gasteiger partial charge in [-0.25, -0.2) is 9.48 Å². The highest BCUT2D eigenvalue weighted by Gasteiger charge is 2.11. The maximum atomic E-state index is 10.9. The van der Waals surface area contributed by atoms with E-state index in [4.69, 9.17) is 15.6 Å². The van der Waals surface area contributed by atoms with Gasteiger partial charge < -0.3 is 15.6 Å². The second kappa shape index (κ2) is 5.53. The van der Waals surface area contributed by atoms with Crippen molar-refractivity contribution in [2.45, 2.75) is 6.92 Å². The van der Waals surface area contributed by atoms with Gasteiger partial charge in [0.05, 0.1) is 5.69 Å². The maximum absolute atomic E-state index is 10.9. The molecule has 0 fully saturated rings. The molecule has 2 rings (SSSR count). The van der Waals surface area contributed by atoms with Gasteiger partial charge in [0, 0.05) is 12.2 Å².